The van der Waals surface area contributed by atoms with Gasteiger partial charge in [0.15, 0.2) is 22.4 Å². The fourth-order valence-corrected chi connectivity index (χ4v) is 3.25. The van der Waals surface area contributed by atoms with E-state index in [4.69, 9.17) is 21.1 Å². The normalized spacial score (nSPS) is 11.2. The van der Waals surface area contributed by atoms with Crippen LogP contribution in [-0.4, -0.2) is 54.7 Å². The van der Waals surface area contributed by atoms with Crippen molar-refractivity contribution in [3.63, 3.8) is 0 Å². The number of methoxy groups -OCH3 is 1. The Morgan fingerprint density at radius 1 is 1.21 bits per heavy atom. The number of hydrogen-bond donors (Lipinski definition) is 2. The average Bonchev–Trinajstić information content (AvgIpc) is 3.21. The van der Waals surface area contributed by atoms with Gasteiger partial charge in [0, 0.05) is 19.0 Å². The molecule has 2 heterocycles. The molecule has 0 spiro atoms. The number of rotatable bonds is 9. The van der Waals surface area contributed by atoms with Gasteiger partial charge in [-0.05, 0) is 39.3 Å². The van der Waals surface area contributed by atoms with Crippen LogP contribution in [0.2, 0.25) is 5.15 Å². The molecule has 3 aromatic rings. The standard InChI is InChI=1S/C22H25ClN6O5/c1-22(2,3)34-17(30)9-6-10-29-12-24-20(28-29)13-7-5-8-14(19(13)33-4)25-15-11-16(23)26-27-18(15)21(31)32/h5,7-8,11-12H,6,9-10H2,1-4H3,(H,25,26)(H,31,32). The summed E-state index contributed by atoms with van der Waals surface area (Å²) in [6.07, 6.45) is 2.38. The van der Waals surface area contributed by atoms with Crippen molar-refractivity contribution in [2.24, 2.45) is 0 Å². The van der Waals surface area contributed by atoms with Crippen LogP contribution in [0.25, 0.3) is 11.4 Å². The second kappa shape index (κ2) is 10.5. The highest BCUT2D eigenvalue weighted by Crippen LogP contribution is 2.37. The molecule has 11 nitrogen and oxygen atoms in total. The van der Waals surface area contributed by atoms with Gasteiger partial charge in [-0.25, -0.2) is 9.78 Å². The van der Waals surface area contributed by atoms with Crippen molar-refractivity contribution >= 4 is 34.9 Å². The second-order valence-electron chi connectivity index (χ2n) is 8.27. The first kappa shape index (κ1) is 24.9. The summed E-state index contributed by atoms with van der Waals surface area (Å²) in [5, 5.41) is 24.1. The van der Waals surface area contributed by atoms with Crippen molar-refractivity contribution in [1.82, 2.24) is 25.0 Å². The molecule has 1 aromatic carbocycles. The lowest BCUT2D eigenvalue weighted by Crippen LogP contribution is -2.23. The van der Waals surface area contributed by atoms with E-state index in [1.54, 1.807) is 29.2 Å². The number of halogens is 1. The molecule has 2 N–H and O–H groups in total. The van der Waals surface area contributed by atoms with Gasteiger partial charge < -0.3 is 19.9 Å². The summed E-state index contributed by atoms with van der Waals surface area (Å²) in [5.74, 6) is -0.714. The molecule has 0 radical (unpaired) electrons. The Morgan fingerprint density at radius 3 is 2.65 bits per heavy atom. The van der Waals surface area contributed by atoms with Gasteiger partial charge in [-0.3, -0.25) is 9.48 Å². The zero-order chi connectivity index (χ0) is 24.9. The molecule has 180 valence electrons. The number of nitrogens with zero attached hydrogens (tertiary/aromatic N) is 5. The van der Waals surface area contributed by atoms with Crippen LogP contribution in [0.3, 0.4) is 0 Å². The van der Waals surface area contributed by atoms with Gasteiger partial charge in [-0.2, -0.15) is 5.10 Å². The van der Waals surface area contributed by atoms with Crippen molar-refractivity contribution in [2.45, 2.75) is 45.8 Å². The van der Waals surface area contributed by atoms with Crippen LogP contribution >= 0.6 is 11.6 Å². The number of esters is 1. The smallest absolute Gasteiger partial charge is 0.358 e. The lowest BCUT2D eigenvalue weighted by molar-refractivity contribution is -0.154. The van der Waals surface area contributed by atoms with E-state index in [2.05, 4.69) is 25.6 Å². The number of carboxylic acid groups (broad SMARTS) is 1. The number of nitrogens with one attached hydrogen (secondary N) is 1. The fraction of sp³-hybridized carbons (Fsp3) is 0.364. The second-order valence-corrected chi connectivity index (χ2v) is 8.65. The van der Waals surface area contributed by atoms with Crippen LogP contribution in [0.5, 0.6) is 5.75 Å². The lowest BCUT2D eigenvalue weighted by atomic mass is 10.1. The Bertz CT molecular complexity index is 1190. The third-order valence-corrected chi connectivity index (χ3v) is 4.61. The number of anilines is 2. The van der Waals surface area contributed by atoms with Crippen LogP contribution in [0, 0.1) is 0 Å². The number of hydrogen-bond acceptors (Lipinski definition) is 9. The van der Waals surface area contributed by atoms with E-state index in [0.717, 1.165) is 0 Å². The summed E-state index contributed by atoms with van der Waals surface area (Å²) < 4.78 is 12.5. The quantitative estimate of drug-likeness (QED) is 0.425. The number of aryl methyl sites for hydroxylation is 1. The Morgan fingerprint density at radius 2 is 1.97 bits per heavy atom. The molecule has 34 heavy (non-hydrogen) atoms. The monoisotopic (exact) mass is 488 g/mol. The number of aromatic nitrogens is 5. The first-order chi connectivity index (χ1) is 16.1. The molecule has 0 aliphatic rings. The van der Waals surface area contributed by atoms with E-state index in [-0.39, 0.29) is 28.9 Å². The molecule has 0 atom stereocenters. The largest absolute Gasteiger partial charge is 0.494 e. The topological polar surface area (TPSA) is 141 Å². The molecule has 0 saturated heterocycles. The summed E-state index contributed by atoms with van der Waals surface area (Å²) in [5.41, 5.74) is 0.403. The lowest BCUT2D eigenvalue weighted by Gasteiger charge is -2.19. The summed E-state index contributed by atoms with van der Waals surface area (Å²) >= 11 is 5.89. The van der Waals surface area contributed by atoms with Gasteiger partial charge in [0.05, 0.1) is 24.0 Å². The average molecular weight is 489 g/mol. The molecular weight excluding hydrogens is 464 g/mol. The number of carboxylic acids is 1. The predicted octanol–water partition coefficient (Wildman–Crippen LogP) is 3.96. The van der Waals surface area contributed by atoms with Crippen molar-refractivity contribution in [3.05, 3.63) is 41.4 Å². The van der Waals surface area contributed by atoms with E-state index in [1.807, 2.05) is 20.8 Å². The summed E-state index contributed by atoms with van der Waals surface area (Å²) in [7, 11) is 1.48. The van der Waals surface area contributed by atoms with Crippen LogP contribution in [0.1, 0.15) is 44.1 Å². The summed E-state index contributed by atoms with van der Waals surface area (Å²) in [4.78, 5) is 27.7. The SMILES string of the molecule is COc1c(Nc2cc(Cl)nnc2C(=O)O)cccc1-c1ncn(CCCC(=O)OC(C)(C)C)n1. The maximum atomic E-state index is 11.9. The number of carbonyl (C=O) groups is 2. The molecular formula is C22H25ClN6O5. The highest BCUT2D eigenvalue weighted by molar-refractivity contribution is 6.29. The van der Waals surface area contributed by atoms with Crippen LogP contribution in [-0.2, 0) is 16.1 Å². The van der Waals surface area contributed by atoms with Crippen molar-refractivity contribution in [3.8, 4) is 17.1 Å². The Hall–Kier alpha value is -3.73. The van der Waals surface area contributed by atoms with Gasteiger partial charge >= 0.3 is 11.9 Å². The summed E-state index contributed by atoms with van der Waals surface area (Å²) in [6, 6.07) is 6.60. The van der Waals surface area contributed by atoms with E-state index >= 15 is 0 Å². The van der Waals surface area contributed by atoms with Gasteiger partial charge in [-0.15, -0.1) is 10.2 Å². The van der Waals surface area contributed by atoms with E-state index in [1.165, 1.54) is 13.2 Å². The third-order valence-electron chi connectivity index (χ3n) is 4.42. The number of carbonyl (C=O) groups excluding carboxylic acids is 1. The fourth-order valence-electron chi connectivity index (χ4n) is 3.10. The number of aromatic carboxylic acids is 1. The van der Waals surface area contributed by atoms with Crippen LogP contribution < -0.4 is 10.1 Å². The van der Waals surface area contributed by atoms with Gasteiger partial charge in [-0.1, -0.05) is 17.7 Å². The minimum absolute atomic E-state index is 0.0365. The van der Waals surface area contributed by atoms with E-state index in [9.17, 15) is 14.7 Å². The maximum Gasteiger partial charge on any atom is 0.358 e. The molecule has 0 aliphatic carbocycles. The third kappa shape index (κ3) is 6.41. The minimum Gasteiger partial charge on any atom is -0.494 e. The van der Waals surface area contributed by atoms with Crippen molar-refractivity contribution in [2.75, 3.05) is 12.4 Å². The van der Waals surface area contributed by atoms with Gasteiger partial charge in [0.2, 0.25) is 0 Å². The zero-order valence-electron chi connectivity index (χ0n) is 19.2. The Labute approximate surface area is 201 Å². The molecule has 12 heteroatoms. The number of ether oxygens (including phenoxy) is 2. The van der Waals surface area contributed by atoms with Crippen LogP contribution in [0.4, 0.5) is 11.4 Å². The zero-order valence-corrected chi connectivity index (χ0v) is 20.0. The Kier molecular flexibility index (Phi) is 7.67. The highest BCUT2D eigenvalue weighted by atomic mass is 35.5. The van der Waals surface area contributed by atoms with Gasteiger partial charge in [0.1, 0.15) is 11.9 Å². The minimum atomic E-state index is -1.26. The molecule has 3 rings (SSSR count). The molecule has 2 aromatic heterocycles. The maximum absolute atomic E-state index is 11.9. The van der Waals surface area contributed by atoms with Crippen molar-refractivity contribution in [1.29, 1.82) is 0 Å². The van der Waals surface area contributed by atoms with E-state index in [0.29, 0.717) is 35.8 Å². The molecule has 0 amide bonds. The Balaban J connectivity index is 1.78. The highest BCUT2D eigenvalue weighted by Gasteiger charge is 2.19. The molecule has 0 aliphatic heterocycles. The summed E-state index contributed by atoms with van der Waals surface area (Å²) in [6.45, 7) is 5.96. The molecule has 0 bridgehead atoms. The predicted molar refractivity (Wildman–Crippen MR) is 124 cm³/mol. The van der Waals surface area contributed by atoms with Crippen molar-refractivity contribution < 1.29 is 24.2 Å². The first-order valence-corrected chi connectivity index (χ1v) is 10.8. The van der Waals surface area contributed by atoms with E-state index < -0.39 is 11.6 Å². The molecule has 0 unspecified atom stereocenters. The number of para-hydroxylation sites is 1. The molecule has 0 saturated carbocycles. The van der Waals surface area contributed by atoms with Gasteiger partial charge in [0.25, 0.3) is 0 Å². The van der Waals surface area contributed by atoms with Crippen LogP contribution in [0.15, 0.2) is 30.6 Å². The molecule has 0 fully saturated rings. The number of benzene rings is 1. The first-order valence-electron chi connectivity index (χ1n) is 10.4.